The molecule has 1 fully saturated rings. The van der Waals surface area contributed by atoms with Crippen molar-refractivity contribution in [2.45, 2.75) is 27.2 Å². The van der Waals surface area contributed by atoms with Gasteiger partial charge in [-0.2, -0.15) is 0 Å². The fourth-order valence-electron chi connectivity index (χ4n) is 3.47. The molecule has 4 heterocycles. The van der Waals surface area contributed by atoms with Crippen LogP contribution in [0, 0.1) is 13.8 Å². The lowest BCUT2D eigenvalue weighted by Crippen LogP contribution is -2.47. The van der Waals surface area contributed by atoms with Crippen LogP contribution in [0.15, 0.2) is 17.5 Å². The summed E-state index contributed by atoms with van der Waals surface area (Å²) in [7, 11) is 0. The summed E-state index contributed by atoms with van der Waals surface area (Å²) in [5.74, 6) is 2.00. The maximum atomic E-state index is 5.03. The van der Waals surface area contributed by atoms with Crippen molar-refractivity contribution in [2.75, 3.05) is 37.6 Å². The number of aryl methyl sites for hydroxylation is 2. The van der Waals surface area contributed by atoms with Crippen molar-refractivity contribution in [3.63, 3.8) is 0 Å². The van der Waals surface area contributed by atoms with E-state index in [0.717, 1.165) is 47.5 Å². The summed E-state index contributed by atoms with van der Waals surface area (Å²) in [4.78, 5) is 18.5. The average molecular weight is 373 g/mol. The molecular weight excluding hydrogens is 348 g/mol. The van der Waals surface area contributed by atoms with Crippen LogP contribution in [0.3, 0.4) is 0 Å². The summed E-state index contributed by atoms with van der Waals surface area (Å²) in [5, 5.41) is 3.35. The number of nitrogens with zero attached hydrogens (tertiary/aromatic N) is 4. The number of rotatable bonds is 4. The molecule has 1 aliphatic heterocycles. The number of hydrogen-bond acceptors (Lipinski definition) is 6. The van der Waals surface area contributed by atoms with Crippen LogP contribution in [0.5, 0.6) is 0 Å². The van der Waals surface area contributed by atoms with Crippen LogP contribution in [0.2, 0.25) is 0 Å². The largest absolute Gasteiger partial charge is 0.353 e. The van der Waals surface area contributed by atoms with E-state index >= 15 is 0 Å². The SMILES string of the molecule is CCCN1CCN(c2nc(-c3cccs3)nc3sc(C)c(C)c23)CC1. The molecule has 0 saturated carbocycles. The Bertz CT molecular complexity index is 861. The van der Waals surface area contributed by atoms with Crippen molar-refractivity contribution < 1.29 is 0 Å². The summed E-state index contributed by atoms with van der Waals surface area (Å²) in [6.07, 6.45) is 1.23. The van der Waals surface area contributed by atoms with Crippen LogP contribution in [0.1, 0.15) is 23.8 Å². The Balaban J connectivity index is 1.76. The van der Waals surface area contributed by atoms with Gasteiger partial charge in [0, 0.05) is 31.1 Å². The number of fused-ring (bicyclic) bond motifs is 1. The van der Waals surface area contributed by atoms with Crippen molar-refractivity contribution in [1.29, 1.82) is 0 Å². The molecule has 0 spiro atoms. The molecule has 0 amide bonds. The number of thiophene rings is 2. The highest BCUT2D eigenvalue weighted by atomic mass is 32.1. The van der Waals surface area contributed by atoms with Gasteiger partial charge < -0.3 is 4.90 Å². The Morgan fingerprint density at radius 2 is 1.92 bits per heavy atom. The van der Waals surface area contributed by atoms with Gasteiger partial charge in [0.1, 0.15) is 10.6 Å². The second-order valence-electron chi connectivity index (χ2n) is 6.64. The maximum Gasteiger partial charge on any atom is 0.173 e. The van der Waals surface area contributed by atoms with Crippen molar-refractivity contribution in [1.82, 2.24) is 14.9 Å². The highest BCUT2D eigenvalue weighted by Crippen LogP contribution is 2.37. The van der Waals surface area contributed by atoms with Gasteiger partial charge in [-0.05, 0) is 43.8 Å². The maximum absolute atomic E-state index is 5.03. The Kier molecular flexibility index (Phi) is 4.75. The zero-order valence-electron chi connectivity index (χ0n) is 15.1. The Hall–Kier alpha value is -1.50. The highest BCUT2D eigenvalue weighted by molar-refractivity contribution is 7.19. The fourth-order valence-corrected chi connectivity index (χ4v) is 5.15. The minimum atomic E-state index is 0.870. The van der Waals surface area contributed by atoms with E-state index in [1.54, 1.807) is 22.7 Å². The monoisotopic (exact) mass is 372 g/mol. The van der Waals surface area contributed by atoms with Gasteiger partial charge in [0.25, 0.3) is 0 Å². The smallest absolute Gasteiger partial charge is 0.173 e. The summed E-state index contributed by atoms with van der Waals surface area (Å²) in [6, 6.07) is 4.18. The zero-order chi connectivity index (χ0) is 17.4. The summed E-state index contributed by atoms with van der Waals surface area (Å²) in [6.45, 7) is 12.2. The quantitative estimate of drug-likeness (QED) is 0.671. The van der Waals surface area contributed by atoms with E-state index in [0.29, 0.717) is 0 Å². The Labute approximate surface area is 157 Å². The van der Waals surface area contributed by atoms with Crippen LogP contribution in [0.25, 0.3) is 20.9 Å². The Morgan fingerprint density at radius 1 is 1.12 bits per heavy atom. The topological polar surface area (TPSA) is 32.3 Å². The van der Waals surface area contributed by atoms with Gasteiger partial charge in [-0.25, -0.2) is 9.97 Å². The molecule has 6 heteroatoms. The lowest BCUT2D eigenvalue weighted by Gasteiger charge is -2.35. The van der Waals surface area contributed by atoms with E-state index in [-0.39, 0.29) is 0 Å². The lowest BCUT2D eigenvalue weighted by molar-refractivity contribution is 0.258. The van der Waals surface area contributed by atoms with Gasteiger partial charge in [-0.15, -0.1) is 22.7 Å². The minimum Gasteiger partial charge on any atom is -0.353 e. The van der Waals surface area contributed by atoms with Gasteiger partial charge in [0.15, 0.2) is 5.82 Å². The summed E-state index contributed by atoms with van der Waals surface area (Å²) < 4.78 is 0. The third-order valence-corrected chi connectivity index (χ3v) is 6.93. The van der Waals surface area contributed by atoms with E-state index in [9.17, 15) is 0 Å². The van der Waals surface area contributed by atoms with Gasteiger partial charge >= 0.3 is 0 Å². The lowest BCUT2D eigenvalue weighted by atomic mass is 10.2. The highest BCUT2D eigenvalue weighted by Gasteiger charge is 2.23. The molecule has 1 aliphatic rings. The molecule has 25 heavy (non-hydrogen) atoms. The van der Waals surface area contributed by atoms with E-state index in [1.165, 1.54) is 28.8 Å². The second kappa shape index (κ2) is 7.02. The van der Waals surface area contributed by atoms with Crippen LogP contribution in [-0.2, 0) is 0 Å². The standard InChI is InChI=1S/C19H24N4S2/c1-4-7-22-8-10-23(11-9-22)18-16-13(2)14(3)25-19(16)21-17(20-18)15-6-5-12-24-15/h5-6,12H,4,7-11H2,1-3H3. The second-order valence-corrected chi connectivity index (χ2v) is 8.79. The number of piperazine rings is 1. The minimum absolute atomic E-state index is 0.870. The van der Waals surface area contributed by atoms with Gasteiger partial charge in [0.05, 0.1) is 10.3 Å². The van der Waals surface area contributed by atoms with Crippen molar-refractivity contribution in [3.8, 4) is 10.7 Å². The van der Waals surface area contributed by atoms with Crippen LogP contribution in [0.4, 0.5) is 5.82 Å². The first-order valence-electron chi connectivity index (χ1n) is 8.96. The van der Waals surface area contributed by atoms with E-state index in [2.05, 4.69) is 48.1 Å². The average Bonchev–Trinajstić information content (AvgIpc) is 3.24. The fraction of sp³-hybridized carbons (Fsp3) is 0.474. The first-order chi connectivity index (χ1) is 12.2. The number of aromatic nitrogens is 2. The molecule has 1 saturated heterocycles. The molecular formula is C19H24N4S2. The molecule has 0 atom stereocenters. The molecule has 0 N–H and O–H groups in total. The molecule has 0 radical (unpaired) electrons. The predicted octanol–water partition coefficient (Wildman–Crippen LogP) is 4.57. The van der Waals surface area contributed by atoms with E-state index < -0.39 is 0 Å². The van der Waals surface area contributed by atoms with Gasteiger partial charge in [0.2, 0.25) is 0 Å². The van der Waals surface area contributed by atoms with Crippen molar-refractivity contribution in [3.05, 3.63) is 28.0 Å². The molecule has 132 valence electrons. The molecule has 0 bridgehead atoms. The molecule has 4 nitrogen and oxygen atoms in total. The molecule has 0 unspecified atom stereocenters. The molecule has 0 aliphatic carbocycles. The third-order valence-electron chi connectivity index (χ3n) is 4.96. The van der Waals surface area contributed by atoms with Crippen molar-refractivity contribution >= 4 is 38.7 Å². The predicted molar refractivity (Wildman–Crippen MR) is 109 cm³/mol. The first kappa shape index (κ1) is 16.9. The van der Waals surface area contributed by atoms with Crippen LogP contribution >= 0.6 is 22.7 Å². The van der Waals surface area contributed by atoms with Crippen LogP contribution in [-0.4, -0.2) is 47.6 Å². The van der Waals surface area contributed by atoms with Crippen LogP contribution < -0.4 is 4.90 Å². The third kappa shape index (κ3) is 3.18. The van der Waals surface area contributed by atoms with E-state index in [1.807, 2.05) is 0 Å². The van der Waals surface area contributed by atoms with Gasteiger partial charge in [-0.1, -0.05) is 13.0 Å². The molecule has 3 aromatic rings. The van der Waals surface area contributed by atoms with Crippen molar-refractivity contribution in [2.24, 2.45) is 0 Å². The zero-order valence-corrected chi connectivity index (χ0v) is 16.7. The molecule has 3 aromatic heterocycles. The molecule has 0 aromatic carbocycles. The Morgan fingerprint density at radius 3 is 2.60 bits per heavy atom. The molecule has 4 rings (SSSR count). The first-order valence-corrected chi connectivity index (χ1v) is 10.7. The normalized spacial score (nSPS) is 16.0. The van der Waals surface area contributed by atoms with Gasteiger partial charge in [-0.3, -0.25) is 4.90 Å². The number of anilines is 1. The summed E-state index contributed by atoms with van der Waals surface area (Å²) >= 11 is 3.50. The van der Waals surface area contributed by atoms with E-state index in [4.69, 9.17) is 9.97 Å². The number of hydrogen-bond donors (Lipinski definition) is 0. The summed E-state index contributed by atoms with van der Waals surface area (Å²) in [5.41, 5.74) is 1.34.